The summed E-state index contributed by atoms with van der Waals surface area (Å²) in [6, 6.07) is 5.77. The maximum Gasteiger partial charge on any atom is 0.229 e. The van der Waals surface area contributed by atoms with Crippen LogP contribution < -0.4 is 10.6 Å². The van der Waals surface area contributed by atoms with Crippen molar-refractivity contribution in [1.82, 2.24) is 0 Å². The Balaban J connectivity index is 1.73. The number of hydrogen-bond acceptors (Lipinski definition) is 3. The maximum atomic E-state index is 12.3. The molecule has 3 rings (SSSR count). The monoisotopic (exact) mass is 246 g/mol. The second kappa shape index (κ2) is 4.61. The quantitative estimate of drug-likeness (QED) is 0.808. The molecule has 1 aromatic carbocycles. The number of carbonyl (C=O) groups is 1. The normalized spacial score (nSPS) is 22.2. The summed E-state index contributed by atoms with van der Waals surface area (Å²) in [5.41, 5.74) is 8.72. The van der Waals surface area contributed by atoms with Gasteiger partial charge in [0, 0.05) is 24.5 Å². The standard InChI is InChI=1S/C14H18N2O2/c15-11-3-4-13-10(8-11)5-6-16(13)14(17)9-12-2-1-7-18-12/h3-4,8,12H,1-2,5-7,9,15H2. The lowest BCUT2D eigenvalue weighted by Gasteiger charge is -2.19. The second-order valence-corrected chi connectivity index (χ2v) is 5.02. The smallest absolute Gasteiger partial charge is 0.229 e. The highest BCUT2D eigenvalue weighted by Gasteiger charge is 2.27. The van der Waals surface area contributed by atoms with Crippen LogP contribution in [0.2, 0.25) is 0 Å². The van der Waals surface area contributed by atoms with Crippen LogP contribution in [0.3, 0.4) is 0 Å². The van der Waals surface area contributed by atoms with E-state index in [9.17, 15) is 4.79 Å². The summed E-state index contributed by atoms with van der Waals surface area (Å²) in [6.07, 6.45) is 3.61. The number of nitrogens with two attached hydrogens (primary N) is 1. The fourth-order valence-electron chi connectivity index (χ4n) is 2.79. The van der Waals surface area contributed by atoms with Gasteiger partial charge in [-0.3, -0.25) is 4.79 Å². The highest BCUT2D eigenvalue weighted by atomic mass is 16.5. The van der Waals surface area contributed by atoms with Crippen molar-refractivity contribution in [2.45, 2.75) is 31.8 Å². The molecule has 1 saturated heterocycles. The molecule has 0 radical (unpaired) electrons. The van der Waals surface area contributed by atoms with Crippen LogP contribution in [-0.4, -0.2) is 25.2 Å². The SMILES string of the molecule is Nc1ccc2c(c1)CCN2C(=O)CC1CCCO1. The summed E-state index contributed by atoms with van der Waals surface area (Å²) in [5.74, 6) is 0.172. The van der Waals surface area contributed by atoms with Gasteiger partial charge in [-0.05, 0) is 43.0 Å². The maximum absolute atomic E-state index is 12.3. The Kier molecular flexibility index (Phi) is 2.96. The summed E-state index contributed by atoms with van der Waals surface area (Å²) < 4.78 is 5.52. The van der Waals surface area contributed by atoms with Crippen LogP contribution in [0.1, 0.15) is 24.8 Å². The van der Waals surface area contributed by atoms with Crippen molar-refractivity contribution in [3.05, 3.63) is 23.8 Å². The Morgan fingerprint density at radius 1 is 1.50 bits per heavy atom. The molecule has 2 heterocycles. The van der Waals surface area contributed by atoms with E-state index in [1.165, 1.54) is 5.56 Å². The number of benzene rings is 1. The van der Waals surface area contributed by atoms with E-state index in [1.807, 2.05) is 23.1 Å². The lowest BCUT2D eigenvalue weighted by molar-refractivity contribution is -0.120. The van der Waals surface area contributed by atoms with E-state index in [0.29, 0.717) is 6.42 Å². The van der Waals surface area contributed by atoms with Crippen molar-refractivity contribution in [3.63, 3.8) is 0 Å². The Morgan fingerprint density at radius 3 is 3.17 bits per heavy atom. The first-order chi connectivity index (χ1) is 8.74. The third kappa shape index (κ3) is 2.08. The minimum absolute atomic E-state index is 0.121. The molecule has 1 aromatic rings. The fraction of sp³-hybridized carbons (Fsp3) is 0.500. The number of fused-ring (bicyclic) bond motifs is 1. The van der Waals surface area contributed by atoms with Crippen molar-refractivity contribution < 1.29 is 9.53 Å². The van der Waals surface area contributed by atoms with Crippen LogP contribution >= 0.6 is 0 Å². The van der Waals surface area contributed by atoms with Crippen LogP contribution in [0.4, 0.5) is 11.4 Å². The first kappa shape index (κ1) is 11.5. The van der Waals surface area contributed by atoms with Gasteiger partial charge in [-0.2, -0.15) is 0 Å². The molecule has 0 aromatic heterocycles. The van der Waals surface area contributed by atoms with Crippen LogP contribution in [0.25, 0.3) is 0 Å². The Hall–Kier alpha value is -1.55. The molecule has 18 heavy (non-hydrogen) atoms. The third-order valence-electron chi connectivity index (χ3n) is 3.73. The number of ether oxygens (including phenoxy) is 1. The molecule has 0 saturated carbocycles. The summed E-state index contributed by atoms with van der Waals surface area (Å²) in [6.45, 7) is 1.56. The van der Waals surface area contributed by atoms with E-state index < -0.39 is 0 Å². The first-order valence-electron chi connectivity index (χ1n) is 6.54. The highest BCUT2D eigenvalue weighted by Crippen LogP contribution is 2.30. The fourth-order valence-corrected chi connectivity index (χ4v) is 2.79. The summed E-state index contributed by atoms with van der Waals surface area (Å²) in [5, 5.41) is 0. The zero-order chi connectivity index (χ0) is 12.5. The van der Waals surface area contributed by atoms with Crippen LogP contribution in [-0.2, 0) is 16.0 Å². The van der Waals surface area contributed by atoms with E-state index in [4.69, 9.17) is 10.5 Å². The van der Waals surface area contributed by atoms with Gasteiger partial charge >= 0.3 is 0 Å². The third-order valence-corrected chi connectivity index (χ3v) is 3.73. The minimum Gasteiger partial charge on any atom is -0.399 e. The molecular weight excluding hydrogens is 228 g/mol. The minimum atomic E-state index is 0.121. The molecule has 1 fully saturated rings. The van der Waals surface area contributed by atoms with Gasteiger partial charge < -0.3 is 15.4 Å². The number of hydrogen-bond donors (Lipinski definition) is 1. The van der Waals surface area contributed by atoms with Gasteiger partial charge in [0.15, 0.2) is 0 Å². The Morgan fingerprint density at radius 2 is 2.39 bits per heavy atom. The summed E-state index contributed by atoms with van der Waals surface area (Å²) in [7, 11) is 0. The zero-order valence-corrected chi connectivity index (χ0v) is 10.4. The van der Waals surface area contributed by atoms with Crippen molar-refractivity contribution in [3.8, 4) is 0 Å². The van der Waals surface area contributed by atoms with Crippen molar-refractivity contribution in [2.24, 2.45) is 0 Å². The number of carbonyl (C=O) groups excluding carboxylic acids is 1. The molecule has 0 aliphatic carbocycles. The molecule has 1 amide bonds. The van der Waals surface area contributed by atoms with Crippen molar-refractivity contribution >= 4 is 17.3 Å². The van der Waals surface area contributed by atoms with E-state index in [1.54, 1.807) is 0 Å². The predicted octanol–water partition coefficient (Wildman–Crippen LogP) is 1.73. The van der Waals surface area contributed by atoms with E-state index in [2.05, 4.69) is 0 Å². The molecule has 0 spiro atoms. The molecule has 1 atom stereocenters. The number of rotatable bonds is 2. The summed E-state index contributed by atoms with van der Waals surface area (Å²) >= 11 is 0. The number of amides is 1. The molecule has 0 bridgehead atoms. The summed E-state index contributed by atoms with van der Waals surface area (Å²) in [4.78, 5) is 14.1. The first-order valence-corrected chi connectivity index (χ1v) is 6.54. The topological polar surface area (TPSA) is 55.6 Å². The molecule has 2 N–H and O–H groups in total. The van der Waals surface area contributed by atoms with Gasteiger partial charge in [0.1, 0.15) is 0 Å². The van der Waals surface area contributed by atoms with Gasteiger partial charge in [-0.1, -0.05) is 0 Å². The van der Waals surface area contributed by atoms with Crippen LogP contribution in [0.5, 0.6) is 0 Å². The van der Waals surface area contributed by atoms with Gasteiger partial charge in [-0.15, -0.1) is 0 Å². The number of nitrogens with zero attached hydrogens (tertiary/aromatic N) is 1. The average molecular weight is 246 g/mol. The van der Waals surface area contributed by atoms with Gasteiger partial charge in [-0.25, -0.2) is 0 Å². The lowest BCUT2D eigenvalue weighted by atomic mass is 10.1. The molecule has 96 valence electrons. The molecular formula is C14H18N2O2. The van der Waals surface area contributed by atoms with Gasteiger partial charge in [0.25, 0.3) is 0 Å². The van der Waals surface area contributed by atoms with Crippen molar-refractivity contribution in [1.29, 1.82) is 0 Å². The Labute approximate surface area is 107 Å². The predicted molar refractivity (Wildman–Crippen MR) is 70.5 cm³/mol. The molecule has 4 nitrogen and oxygen atoms in total. The second-order valence-electron chi connectivity index (χ2n) is 5.02. The number of anilines is 2. The van der Waals surface area contributed by atoms with Crippen molar-refractivity contribution in [2.75, 3.05) is 23.8 Å². The van der Waals surface area contributed by atoms with Gasteiger partial charge in [0.05, 0.1) is 12.5 Å². The number of nitrogen functional groups attached to an aromatic ring is 1. The van der Waals surface area contributed by atoms with E-state index in [0.717, 1.165) is 43.8 Å². The largest absolute Gasteiger partial charge is 0.399 e. The average Bonchev–Trinajstić information content (AvgIpc) is 2.97. The Bertz CT molecular complexity index is 467. The van der Waals surface area contributed by atoms with Gasteiger partial charge in [0.2, 0.25) is 5.91 Å². The van der Waals surface area contributed by atoms with E-state index >= 15 is 0 Å². The molecule has 2 aliphatic heterocycles. The highest BCUT2D eigenvalue weighted by molar-refractivity contribution is 5.96. The van der Waals surface area contributed by atoms with E-state index in [-0.39, 0.29) is 12.0 Å². The lowest BCUT2D eigenvalue weighted by Crippen LogP contribution is -2.31. The molecule has 4 heteroatoms. The van der Waals surface area contributed by atoms with Crippen LogP contribution in [0, 0.1) is 0 Å². The molecule has 1 unspecified atom stereocenters. The molecule has 2 aliphatic rings. The zero-order valence-electron chi connectivity index (χ0n) is 10.4. The van der Waals surface area contributed by atoms with Crippen LogP contribution in [0.15, 0.2) is 18.2 Å².